The molecule has 0 aliphatic carbocycles. The van der Waals surface area contributed by atoms with Gasteiger partial charge in [-0.3, -0.25) is 4.79 Å². The predicted molar refractivity (Wildman–Crippen MR) is 124 cm³/mol. The molecule has 9 heteroatoms. The van der Waals surface area contributed by atoms with Crippen LogP contribution in [0.1, 0.15) is 32.8 Å². The van der Waals surface area contributed by atoms with Gasteiger partial charge in [0.05, 0.1) is 21.2 Å². The number of hydrogen-bond donors (Lipinski definition) is 2. The number of nitrogens with zero attached hydrogens (tertiary/aromatic N) is 2. The van der Waals surface area contributed by atoms with Crippen LogP contribution in [0.4, 0.5) is 0 Å². The first-order valence-corrected chi connectivity index (χ1v) is 12.7. The van der Waals surface area contributed by atoms with E-state index in [4.69, 9.17) is 5.14 Å². The van der Waals surface area contributed by atoms with E-state index >= 15 is 0 Å². The van der Waals surface area contributed by atoms with Gasteiger partial charge in [0.25, 0.3) is 0 Å². The molecule has 0 saturated carbocycles. The van der Waals surface area contributed by atoms with Gasteiger partial charge in [-0.05, 0) is 57.4 Å². The molecule has 31 heavy (non-hydrogen) atoms. The van der Waals surface area contributed by atoms with Crippen molar-refractivity contribution in [3.63, 3.8) is 0 Å². The lowest BCUT2D eigenvalue weighted by molar-refractivity contribution is -0.120. The molecular weight excluding hydrogens is 432 g/mol. The highest BCUT2D eigenvalue weighted by atomic mass is 32.2. The molecule has 0 saturated heterocycles. The van der Waals surface area contributed by atoms with Gasteiger partial charge in [0, 0.05) is 12.6 Å². The fourth-order valence-electron chi connectivity index (χ4n) is 3.33. The van der Waals surface area contributed by atoms with Crippen LogP contribution in [-0.2, 0) is 27.8 Å². The van der Waals surface area contributed by atoms with Crippen molar-refractivity contribution in [2.24, 2.45) is 5.14 Å². The van der Waals surface area contributed by atoms with E-state index in [1.807, 2.05) is 43.5 Å². The van der Waals surface area contributed by atoms with Gasteiger partial charge in [0.2, 0.25) is 15.9 Å². The smallest absolute Gasteiger partial charge is 0.238 e. The highest BCUT2D eigenvalue weighted by molar-refractivity contribution is 8.00. The van der Waals surface area contributed by atoms with E-state index in [1.54, 1.807) is 6.07 Å². The average Bonchev–Trinajstić information content (AvgIpc) is 3.08. The highest BCUT2D eigenvalue weighted by Crippen LogP contribution is 2.28. The summed E-state index contributed by atoms with van der Waals surface area (Å²) in [5, 5.41) is 8.63. The summed E-state index contributed by atoms with van der Waals surface area (Å²) in [5.74, 6) is -0.0505. The summed E-state index contributed by atoms with van der Waals surface area (Å²) in [6.45, 7) is 6.48. The summed E-state index contributed by atoms with van der Waals surface area (Å²) in [6.07, 6.45) is 1.76. The zero-order valence-electron chi connectivity index (χ0n) is 17.9. The molecule has 2 aromatic carbocycles. The number of fused-ring (bicyclic) bond motifs is 1. The number of rotatable bonds is 9. The van der Waals surface area contributed by atoms with Crippen molar-refractivity contribution in [3.05, 3.63) is 54.1 Å². The van der Waals surface area contributed by atoms with E-state index < -0.39 is 10.0 Å². The summed E-state index contributed by atoms with van der Waals surface area (Å²) in [4.78, 5) is 17.3. The van der Waals surface area contributed by atoms with Crippen molar-refractivity contribution in [2.75, 3.05) is 0 Å². The van der Waals surface area contributed by atoms with Crippen LogP contribution in [0.2, 0.25) is 0 Å². The summed E-state index contributed by atoms with van der Waals surface area (Å²) in [6, 6.07) is 14.9. The number of primary sulfonamides is 1. The van der Waals surface area contributed by atoms with Gasteiger partial charge in [-0.1, -0.05) is 42.1 Å². The number of benzene rings is 2. The van der Waals surface area contributed by atoms with E-state index in [2.05, 4.69) is 22.4 Å². The van der Waals surface area contributed by atoms with E-state index in [-0.39, 0.29) is 22.1 Å². The Kier molecular flexibility index (Phi) is 7.40. The molecule has 3 N–H and O–H groups in total. The fourth-order valence-corrected chi connectivity index (χ4v) is 4.86. The number of imidazole rings is 1. The number of nitrogens with two attached hydrogens (primary N) is 1. The second-order valence-corrected chi connectivity index (χ2v) is 10.4. The molecule has 3 aromatic rings. The Bertz CT molecular complexity index is 1160. The molecule has 0 bridgehead atoms. The summed E-state index contributed by atoms with van der Waals surface area (Å²) < 4.78 is 25.2. The second kappa shape index (κ2) is 9.84. The number of thioether (sulfide) groups is 1. The zero-order chi connectivity index (χ0) is 22.6. The standard InChI is InChI=1S/C22H28N4O3S2/c1-4-26-20-13-12-18(31(23,28)29)14-19(20)25-22(26)30-16(3)21(27)24-15(2)10-11-17-8-6-5-7-9-17/h5-9,12-16H,4,10-11H2,1-3H3,(H,24,27)(H2,23,28,29). The van der Waals surface area contributed by atoms with E-state index in [0.29, 0.717) is 17.2 Å². The van der Waals surface area contributed by atoms with Crippen LogP contribution in [0, 0.1) is 0 Å². The first kappa shape index (κ1) is 23.3. The first-order chi connectivity index (χ1) is 14.7. The Morgan fingerprint density at radius 2 is 1.90 bits per heavy atom. The topological polar surface area (TPSA) is 107 Å². The Labute approximate surface area is 187 Å². The number of nitrogens with one attached hydrogen (secondary N) is 1. The van der Waals surface area contributed by atoms with Crippen molar-refractivity contribution in [3.8, 4) is 0 Å². The van der Waals surface area contributed by atoms with Gasteiger partial charge < -0.3 is 9.88 Å². The lowest BCUT2D eigenvalue weighted by Crippen LogP contribution is -2.38. The molecule has 1 aromatic heterocycles. The van der Waals surface area contributed by atoms with Crippen molar-refractivity contribution in [2.45, 2.75) is 61.5 Å². The van der Waals surface area contributed by atoms with Crippen molar-refractivity contribution in [1.29, 1.82) is 0 Å². The van der Waals surface area contributed by atoms with Crippen LogP contribution >= 0.6 is 11.8 Å². The van der Waals surface area contributed by atoms with Crippen LogP contribution in [0.3, 0.4) is 0 Å². The summed E-state index contributed by atoms with van der Waals surface area (Å²) in [5.41, 5.74) is 2.60. The van der Waals surface area contributed by atoms with Crippen LogP contribution in [0.5, 0.6) is 0 Å². The fraction of sp³-hybridized carbons (Fsp3) is 0.364. The van der Waals surface area contributed by atoms with Crippen molar-refractivity contribution < 1.29 is 13.2 Å². The Morgan fingerprint density at radius 3 is 2.55 bits per heavy atom. The third-order valence-electron chi connectivity index (χ3n) is 5.08. The quantitative estimate of drug-likeness (QED) is 0.476. The van der Waals surface area contributed by atoms with Gasteiger partial charge in [0.1, 0.15) is 0 Å². The van der Waals surface area contributed by atoms with Gasteiger partial charge in [0.15, 0.2) is 5.16 Å². The Hall–Kier alpha value is -2.36. The number of sulfonamides is 1. The third kappa shape index (κ3) is 5.87. The maximum atomic E-state index is 12.7. The van der Waals surface area contributed by atoms with E-state index in [0.717, 1.165) is 18.4 Å². The number of carbonyl (C=O) groups excluding carboxylic acids is 1. The first-order valence-electron chi connectivity index (χ1n) is 10.2. The largest absolute Gasteiger partial charge is 0.353 e. The maximum absolute atomic E-state index is 12.7. The van der Waals surface area contributed by atoms with E-state index in [1.165, 1.54) is 29.5 Å². The summed E-state index contributed by atoms with van der Waals surface area (Å²) in [7, 11) is -3.80. The van der Waals surface area contributed by atoms with Gasteiger partial charge in [-0.2, -0.15) is 0 Å². The lowest BCUT2D eigenvalue weighted by atomic mass is 10.1. The van der Waals surface area contributed by atoms with Crippen LogP contribution < -0.4 is 10.5 Å². The number of hydrogen-bond acceptors (Lipinski definition) is 5. The molecular formula is C22H28N4O3S2. The predicted octanol–water partition coefficient (Wildman–Crippen LogP) is 3.32. The average molecular weight is 461 g/mol. The SMILES string of the molecule is CCn1c(SC(C)C(=O)NC(C)CCc2ccccc2)nc2cc(S(N)(=O)=O)ccc21. The van der Waals surface area contributed by atoms with Gasteiger partial charge in [-0.25, -0.2) is 18.5 Å². The van der Waals surface area contributed by atoms with Crippen LogP contribution in [-0.4, -0.2) is 35.2 Å². The molecule has 0 fully saturated rings. The van der Waals surface area contributed by atoms with Crippen LogP contribution in [0.25, 0.3) is 11.0 Å². The molecule has 7 nitrogen and oxygen atoms in total. The number of carbonyl (C=O) groups is 1. The normalized spacial score (nSPS) is 13.8. The molecule has 2 unspecified atom stereocenters. The molecule has 0 radical (unpaired) electrons. The Morgan fingerprint density at radius 1 is 1.19 bits per heavy atom. The third-order valence-corrected chi connectivity index (χ3v) is 7.08. The number of amides is 1. The van der Waals surface area contributed by atoms with Gasteiger partial charge >= 0.3 is 0 Å². The molecule has 1 heterocycles. The minimum atomic E-state index is -3.80. The summed E-state index contributed by atoms with van der Waals surface area (Å²) >= 11 is 1.36. The van der Waals surface area contributed by atoms with Gasteiger partial charge in [-0.15, -0.1) is 0 Å². The molecule has 0 aliphatic rings. The number of aryl methyl sites for hydroxylation is 2. The minimum Gasteiger partial charge on any atom is -0.353 e. The van der Waals surface area contributed by atoms with Crippen molar-refractivity contribution in [1.82, 2.24) is 14.9 Å². The molecule has 2 atom stereocenters. The monoisotopic (exact) mass is 460 g/mol. The lowest BCUT2D eigenvalue weighted by Gasteiger charge is -2.17. The minimum absolute atomic E-state index is 0.0235. The van der Waals surface area contributed by atoms with E-state index in [9.17, 15) is 13.2 Å². The molecule has 3 rings (SSSR count). The van der Waals surface area contributed by atoms with Crippen LogP contribution in [0.15, 0.2) is 58.6 Å². The highest BCUT2D eigenvalue weighted by Gasteiger charge is 2.21. The molecule has 0 spiro atoms. The molecule has 1 amide bonds. The number of aromatic nitrogens is 2. The Balaban J connectivity index is 1.67. The van der Waals surface area contributed by atoms with Crippen molar-refractivity contribution >= 4 is 38.7 Å². The molecule has 166 valence electrons. The zero-order valence-corrected chi connectivity index (χ0v) is 19.5. The second-order valence-electron chi connectivity index (χ2n) is 7.53. The molecule has 0 aliphatic heterocycles. The maximum Gasteiger partial charge on any atom is 0.238 e.